The van der Waals surface area contributed by atoms with Crippen molar-refractivity contribution in [1.82, 2.24) is 9.88 Å². The zero-order valence-corrected chi connectivity index (χ0v) is 14.2. The van der Waals surface area contributed by atoms with E-state index in [0.29, 0.717) is 11.5 Å². The molecule has 1 aliphatic rings. The van der Waals surface area contributed by atoms with Gasteiger partial charge in [0.05, 0.1) is 5.69 Å². The Balaban J connectivity index is 1.89. The van der Waals surface area contributed by atoms with Gasteiger partial charge in [0.1, 0.15) is 0 Å². The summed E-state index contributed by atoms with van der Waals surface area (Å²) in [4.78, 5) is 7.02. The second-order valence-corrected chi connectivity index (χ2v) is 7.27. The molecule has 0 aromatic carbocycles. The van der Waals surface area contributed by atoms with Crippen LogP contribution < -0.4 is 5.32 Å². The van der Waals surface area contributed by atoms with E-state index >= 15 is 0 Å². The van der Waals surface area contributed by atoms with Crippen LogP contribution in [0.3, 0.4) is 0 Å². The molecule has 3 heteroatoms. The molecule has 1 N–H and O–H groups in total. The first-order valence-electron chi connectivity index (χ1n) is 8.39. The van der Waals surface area contributed by atoms with Crippen molar-refractivity contribution in [3.63, 3.8) is 0 Å². The molecule has 118 valence electrons. The van der Waals surface area contributed by atoms with E-state index < -0.39 is 0 Å². The van der Waals surface area contributed by atoms with Crippen molar-refractivity contribution in [1.29, 1.82) is 0 Å². The molecule has 0 radical (unpaired) electrons. The van der Waals surface area contributed by atoms with Gasteiger partial charge in [-0.3, -0.25) is 9.88 Å². The van der Waals surface area contributed by atoms with Crippen molar-refractivity contribution < 1.29 is 0 Å². The van der Waals surface area contributed by atoms with Gasteiger partial charge in [-0.15, -0.1) is 0 Å². The first-order valence-corrected chi connectivity index (χ1v) is 8.39. The number of nitrogens with one attached hydrogen (secondary N) is 1. The van der Waals surface area contributed by atoms with Gasteiger partial charge in [0.25, 0.3) is 0 Å². The summed E-state index contributed by atoms with van der Waals surface area (Å²) in [6.07, 6.45) is 8.39. The standard InChI is InChI=1S/C18H31N3/c1-5-11-19-15-8-12-20-16(13-15)14-21(4)17-6-9-18(2,3)10-7-17/h8,12-13,17H,5-7,9-11,14H2,1-4H3,(H,19,20). The monoisotopic (exact) mass is 289 g/mol. The maximum absolute atomic E-state index is 4.53. The maximum atomic E-state index is 4.53. The Morgan fingerprint density at radius 2 is 2.05 bits per heavy atom. The summed E-state index contributed by atoms with van der Waals surface area (Å²) in [6.45, 7) is 8.96. The molecule has 0 saturated heterocycles. The van der Waals surface area contributed by atoms with Crippen LogP contribution in [0.15, 0.2) is 18.3 Å². The molecule has 1 aromatic heterocycles. The number of pyridine rings is 1. The van der Waals surface area contributed by atoms with E-state index in [1.54, 1.807) is 0 Å². The highest BCUT2D eigenvalue weighted by Crippen LogP contribution is 2.36. The highest BCUT2D eigenvalue weighted by molar-refractivity contribution is 5.43. The molecule has 0 spiro atoms. The quantitative estimate of drug-likeness (QED) is 0.846. The number of rotatable bonds is 6. The Hall–Kier alpha value is -1.09. The lowest BCUT2D eigenvalue weighted by atomic mass is 9.75. The molecule has 0 unspecified atom stereocenters. The summed E-state index contributed by atoms with van der Waals surface area (Å²) in [5.74, 6) is 0. The lowest BCUT2D eigenvalue weighted by Gasteiger charge is -2.38. The lowest BCUT2D eigenvalue weighted by Crippen LogP contribution is -2.36. The van der Waals surface area contributed by atoms with Crippen LogP contribution in [0.25, 0.3) is 0 Å². The van der Waals surface area contributed by atoms with Crippen LogP contribution in [0, 0.1) is 5.41 Å². The summed E-state index contributed by atoms with van der Waals surface area (Å²) in [7, 11) is 2.25. The molecule has 21 heavy (non-hydrogen) atoms. The average molecular weight is 289 g/mol. The fraction of sp³-hybridized carbons (Fsp3) is 0.722. The highest BCUT2D eigenvalue weighted by Gasteiger charge is 2.28. The van der Waals surface area contributed by atoms with Crippen LogP contribution in [0.5, 0.6) is 0 Å². The third-order valence-corrected chi connectivity index (χ3v) is 4.74. The molecule has 3 nitrogen and oxygen atoms in total. The van der Waals surface area contributed by atoms with Crippen LogP contribution in [-0.2, 0) is 6.54 Å². The fourth-order valence-electron chi connectivity index (χ4n) is 3.15. The smallest absolute Gasteiger partial charge is 0.0564 e. The molecule has 0 amide bonds. The topological polar surface area (TPSA) is 28.2 Å². The number of nitrogens with zero attached hydrogens (tertiary/aromatic N) is 2. The molecule has 0 bridgehead atoms. The molecule has 1 aliphatic carbocycles. The largest absolute Gasteiger partial charge is 0.385 e. The van der Waals surface area contributed by atoms with Crippen molar-refractivity contribution in [3.05, 3.63) is 24.0 Å². The van der Waals surface area contributed by atoms with Crippen molar-refractivity contribution in [2.24, 2.45) is 5.41 Å². The third kappa shape index (κ3) is 4.99. The van der Waals surface area contributed by atoms with Gasteiger partial charge in [-0.05, 0) is 56.7 Å². The first-order chi connectivity index (χ1) is 10.00. The molecule has 0 aliphatic heterocycles. The maximum Gasteiger partial charge on any atom is 0.0564 e. The Kier molecular flexibility index (Phi) is 5.63. The van der Waals surface area contributed by atoms with E-state index in [1.165, 1.54) is 37.1 Å². The van der Waals surface area contributed by atoms with Crippen LogP contribution in [0.2, 0.25) is 0 Å². The van der Waals surface area contributed by atoms with Crippen molar-refractivity contribution in [2.75, 3.05) is 18.9 Å². The van der Waals surface area contributed by atoms with Gasteiger partial charge < -0.3 is 5.32 Å². The Morgan fingerprint density at radius 3 is 2.71 bits per heavy atom. The van der Waals surface area contributed by atoms with Crippen molar-refractivity contribution in [3.8, 4) is 0 Å². The van der Waals surface area contributed by atoms with Crippen LogP contribution in [-0.4, -0.2) is 29.5 Å². The Labute approximate surface area is 130 Å². The number of hydrogen-bond acceptors (Lipinski definition) is 3. The minimum absolute atomic E-state index is 0.541. The highest BCUT2D eigenvalue weighted by atomic mass is 15.1. The third-order valence-electron chi connectivity index (χ3n) is 4.74. The van der Waals surface area contributed by atoms with Crippen LogP contribution >= 0.6 is 0 Å². The zero-order valence-electron chi connectivity index (χ0n) is 14.2. The summed E-state index contributed by atoms with van der Waals surface area (Å²) < 4.78 is 0. The molecular weight excluding hydrogens is 258 g/mol. The second kappa shape index (κ2) is 7.26. The van der Waals surface area contributed by atoms with Gasteiger partial charge in [-0.25, -0.2) is 0 Å². The predicted molar refractivity (Wildman–Crippen MR) is 90.5 cm³/mol. The van der Waals surface area contributed by atoms with Crippen LogP contribution in [0.4, 0.5) is 5.69 Å². The summed E-state index contributed by atoms with van der Waals surface area (Å²) in [5, 5.41) is 3.44. The number of anilines is 1. The minimum atomic E-state index is 0.541. The minimum Gasteiger partial charge on any atom is -0.385 e. The van der Waals surface area contributed by atoms with Gasteiger partial charge in [0.15, 0.2) is 0 Å². The van der Waals surface area contributed by atoms with Crippen molar-refractivity contribution >= 4 is 5.69 Å². The lowest BCUT2D eigenvalue weighted by molar-refractivity contribution is 0.122. The van der Waals surface area contributed by atoms with E-state index in [1.807, 2.05) is 6.20 Å². The first kappa shape index (κ1) is 16.3. The Morgan fingerprint density at radius 1 is 1.33 bits per heavy atom. The predicted octanol–water partition coefficient (Wildman–Crippen LogP) is 4.30. The molecule has 0 atom stereocenters. The van der Waals surface area contributed by atoms with Gasteiger partial charge in [-0.1, -0.05) is 20.8 Å². The molecule has 1 fully saturated rings. The van der Waals surface area contributed by atoms with Gasteiger partial charge >= 0.3 is 0 Å². The van der Waals surface area contributed by atoms with Crippen molar-refractivity contribution in [2.45, 2.75) is 65.5 Å². The van der Waals surface area contributed by atoms with E-state index in [4.69, 9.17) is 0 Å². The second-order valence-electron chi connectivity index (χ2n) is 7.27. The summed E-state index contributed by atoms with van der Waals surface area (Å²) >= 11 is 0. The molecular formula is C18H31N3. The normalized spacial score (nSPS) is 18.9. The summed E-state index contributed by atoms with van der Waals surface area (Å²) in [6, 6.07) is 4.97. The average Bonchev–Trinajstić information content (AvgIpc) is 2.45. The summed E-state index contributed by atoms with van der Waals surface area (Å²) in [5.41, 5.74) is 2.91. The van der Waals surface area contributed by atoms with Gasteiger partial charge in [0.2, 0.25) is 0 Å². The zero-order chi connectivity index (χ0) is 15.3. The van der Waals surface area contributed by atoms with E-state index in [0.717, 1.165) is 19.5 Å². The Bertz CT molecular complexity index is 432. The molecule has 2 rings (SSSR count). The van der Waals surface area contributed by atoms with E-state index in [-0.39, 0.29) is 0 Å². The molecule has 1 heterocycles. The van der Waals surface area contributed by atoms with E-state index in [9.17, 15) is 0 Å². The molecule has 1 saturated carbocycles. The SMILES string of the molecule is CCCNc1ccnc(CN(C)C2CCC(C)(C)CC2)c1. The number of hydrogen-bond donors (Lipinski definition) is 1. The van der Waals surface area contributed by atoms with Crippen LogP contribution in [0.1, 0.15) is 58.6 Å². The van der Waals surface area contributed by atoms with E-state index in [2.05, 4.69) is 55.2 Å². The van der Waals surface area contributed by atoms with Gasteiger partial charge in [0, 0.05) is 31.0 Å². The fourth-order valence-corrected chi connectivity index (χ4v) is 3.15. The van der Waals surface area contributed by atoms with Gasteiger partial charge in [-0.2, -0.15) is 0 Å². The molecule has 1 aromatic rings. The number of aromatic nitrogens is 1.